The average Bonchev–Trinajstić information content (AvgIpc) is 2.58. The predicted molar refractivity (Wildman–Crippen MR) is 49.5 cm³/mol. The van der Waals surface area contributed by atoms with Crippen molar-refractivity contribution >= 4 is 0 Å². The van der Waals surface area contributed by atoms with Crippen molar-refractivity contribution in [3.63, 3.8) is 0 Å². The summed E-state index contributed by atoms with van der Waals surface area (Å²) >= 11 is 0. The molecule has 0 amide bonds. The molecule has 0 radical (unpaired) electrons. The second-order valence-electron chi connectivity index (χ2n) is 3.58. The normalized spacial score (nSPS) is 35.8. The van der Waals surface area contributed by atoms with Gasteiger partial charge in [0.1, 0.15) is 12.2 Å². The van der Waals surface area contributed by atoms with Gasteiger partial charge in [-0.2, -0.15) is 0 Å². The first kappa shape index (κ1) is 9.86. The molecule has 4 heteroatoms. The van der Waals surface area contributed by atoms with Crippen LogP contribution in [0.25, 0.3) is 0 Å². The number of ether oxygens (including phenoxy) is 2. The lowest BCUT2D eigenvalue weighted by Gasteiger charge is -2.31. The minimum absolute atomic E-state index is 0.514. The first-order chi connectivity index (χ1) is 6.63. The molecule has 78 valence electrons. The molecule has 0 aromatic rings. The number of hydrogen-bond acceptors (Lipinski definition) is 4. The van der Waals surface area contributed by atoms with Gasteiger partial charge in [0, 0.05) is 5.57 Å². The zero-order chi connectivity index (χ0) is 10.2. The summed E-state index contributed by atoms with van der Waals surface area (Å²) < 4.78 is 10.8. The van der Waals surface area contributed by atoms with E-state index in [1.165, 1.54) is 6.08 Å². The Hall–Kier alpha value is -0.680. The van der Waals surface area contributed by atoms with Gasteiger partial charge in [-0.15, -0.1) is 0 Å². The highest BCUT2D eigenvalue weighted by Crippen LogP contribution is 2.32. The van der Waals surface area contributed by atoms with Crippen LogP contribution in [-0.2, 0) is 9.47 Å². The third kappa shape index (κ3) is 1.50. The molecule has 1 aliphatic heterocycles. The van der Waals surface area contributed by atoms with Crippen LogP contribution in [0.3, 0.4) is 0 Å². The Kier molecular flexibility index (Phi) is 2.45. The number of aliphatic hydroxyl groups excluding tert-OH is 2. The molecule has 0 aromatic carbocycles. The molecule has 2 aliphatic rings. The summed E-state index contributed by atoms with van der Waals surface area (Å²) in [5.74, 6) is -0.884. The molecular formula is C10H14O4. The zero-order valence-electron chi connectivity index (χ0n) is 8.01. The number of allylic oxidation sites excluding steroid dienone is 2. The molecule has 2 rings (SSSR count). The largest absolute Gasteiger partial charge is 0.386 e. The van der Waals surface area contributed by atoms with E-state index in [4.69, 9.17) is 9.47 Å². The quantitative estimate of drug-likeness (QED) is 0.621. The molecule has 1 aliphatic carbocycles. The number of aliphatic hydroxyl groups is 2. The fourth-order valence-electron chi connectivity index (χ4n) is 1.76. The molecule has 1 heterocycles. The molecule has 0 unspecified atom stereocenters. The first-order valence-corrected chi connectivity index (χ1v) is 4.66. The van der Waals surface area contributed by atoms with Gasteiger partial charge in [0.2, 0.25) is 0 Å². The molecule has 14 heavy (non-hydrogen) atoms. The second-order valence-corrected chi connectivity index (χ2v) is 3.58. The SMILES string of the molecule is CC1(C2=CC=C[C@H](O)[C@@H]2O)OCCO1. The van der Waals surface area contributed by atoms with Crippen LogP contribution in [0, 0.1) is 0 Å². The van der Waals surface area contributed by atoms with E-state index >= 15 is 0 Å². The van der Waals surface area contributed by atoms with Gasteiger partial charge in [-0.3, -0.25) is 0 Å². The van der Waals surface area contributed by atoms with Crippen LogP contribution in [0.4, 0.5) is 0 Å². The van der Waals surface area contributed by atoms with Gasteiger partial charge < -0.3 is 19.7 Å². The van der Waals surface area contributed by atoms with E-state index in [9.17, 15) is 10.2 Å². The Labute approximate surface area is 82.4 Å². The lowest BCUT2D eigenvalue weighted by Crippen LogP contribution is -2.40. The van der Waals surface area contributed by atoms with Crippen molar-refractivity contribution in [1.82, 2.24) is 0 Å². The molecule has 0 aromatic heterocycles. The van der Waals surface area contributed by atoms with Crippen molar-refractivity contribution < 1.29 is 19.7 Å². The maximum absolute atomic E-state index is 9.73. The van der Waals surface area contributed by atoms with E-state index in [0.717, 1.165) is 0 Å². The van der Waals surface area contributed by atoms with Gasteiger partial charge in [-0.1, -0.05) is 18.2 Å². The molecule has 0 spiro atoms. The van der Waals surface area contributed by atoms with E-state index in [2.05, 4.69) is 0 Å². The number of hydrogen-bond donors (Lipinski definition) is 2. The summed E-state index contributed by atoms with van der Waals surface area (Å²) in [4.78, 5) is 0. The Bertz CT molecular complexity index is 276. The topological polar surface area (TPSA) is 58.9 Å². The summed E-state index contributed by atoms with van der Waals surface area (Å²) in [6.45, 7) is 2.78. The Morgan fingerprint density at radius 3 is 2.64 bits per heavy atom. The lowest BCUT2D eigenvalue weighted by atomic mass is 9.93. The first-order valence-electron chi connectivity index (χ1n) is 4.66. The fourth-order valence-corrected chi connectivity index (χ4v) is 1.76. The summed E-state index contributed by atoms with van der Waals surface area (Å²) in [6, 6.07) is 0. The van der Waals surface area contributed by atoms with E-state index in [0.29, 0.717) is 18.8 Å². The van der Waals surface area contributed by atoms with Gasteiger partial charge in [0.15, 0.2) is 5.79 Å². The molecule has 0 saturated carbocycles. The second kappa shape index (κ2) is 3.47. The summed E-state index contributed by atoms with van der Waals surface area (Å²) in [6.07, 6.45) is 3.14. The minimum Gasteiger partial charge on any atom is -0.386 e. The van der Waals surface area contributed by atoms with Gasteiger partial charge in [-0.25, -0.2) is 0 Å². The van der Waals surface area contributed by atoms with Crippen LogP contribution in [0.2, 0.25) is 0 Å². The highest BCUT2D eigenvalue weighted by molar-refractivity contribution is 5.30. The maximum atomic E-state index is 9.73. The van der Waals surface area contributed by atoms with Crippen molar-refractivity contribution in [2.45, 2.75) is 24.9 Å². The van der Waals surface area contributed by atoms with Crippen LogP contribution in [0.1, 0.15) is 6.92 Å². The molecular weight excluding hydrogens is 184 g/mol. The highest BCUT2D eigenvalue weighted by Gasteiger charge is 2.40. The standard InChI is InChI=1S/C10H14O4/c1-10(13-5-6-14-10)7-3-2-4-8(11)9(7)12/h2-4,8-9,11-12H,5-6H2,1H3/t8-,9+/m0/s1. The van der Waals surface area contributed by atoms with E-state index < -0.39 is 18.0 Å². The zero-order valence-corrected chi connectivity index (χ0v) is 8.01. The fraction of sp³-hybridized carbons (Fsp3) is 0.600. The molecule has 1 fully saturated rings. The summed E-state index contributed by atoms with van der Waals surface area (Å²) in [5.41, 5.74) is 0.574. The van der Waals surface area contributed by atoms with E-state index in [1.807, 2.05) is 0 Å². The molecule has 2 atom stereocenters. The van der Waals surface area contributed by atoms with Crippen LogP contribution >= 0.6 is 0 Å². The molecule has 4 nitrogen and oxygen atoms in total. The number of rotatable bonds is 1. The van der Waals surface area contributed by atoms with Gasteiger partial charge in [0.05, 0.1) is 13.2 Å². The smallest absolute Gasteiger partial charge is 0.190 e. The summed E-state index contributed by atoms with van der Waals surface area (Å²) in [5, 5.41) is 19.2. The summed E-state index contributed by atoms with van der Waals surface area (Å²) in [7, 11) is 0. The Morgan fingerprint density at radius 2 is 2.00 bits per heavy atom. The van der Waals surface area contributed by atoms with E-state index in [1.54, 1.807) is 19.1 Å². The third-order valence-electron chi connectivity index (χ3n) is 2.59. The van der Waals surface area contributed by atoms with Crippen molar-refractivity contribution in [3.8, 4) is 0 Å². The van der Waals surface area contributed by atoms with Gasteiger partial charge in [-0.05, 0) is 6.92 Å². The van der Waals surface area contributed by atoms with Crippen molar-refractivity contribution in [2.75, 3.05) is 13.2 Å². The van der Waals surface area contributed by atoms with Crippen molar-refractivity contribution in [3.05, 3.63) is 23.8 Å². The Balaban J connectivity index is 2.24. The van der Waals surface area contributed by atoms with Crippen molar-refractivity contribution in [1.29, 1.82) is 0 Å². The van der Waals surface area contributed by atoms with Gasteiger partial charge in [0.25, 0.3) is 0 Å². The van der Waals surface area contributed by atoms with Crippen LogP contribution < -0.4 is 0 Å². The van der Waals surface area contributed by atoms with Crippen molar-refractivity contribution in [2.24, 2.45) is 0 Å². The molecule has 2 N–H and O–H groups in total. The molecule has 0 bridgehead atoms. The van der Waals surface area contributed by atoms with Gasteiger partial charge >= 0.3 is 0 Å². The van der Waals surface area contributed by atoms with Crippen LogP contribution in [-0.4, -0.2) is 41.4 Å². The minimum atomic E-state index is -0.942. The van der Waals surface area contributed by atoms with E-state index in [-0.39, 0.29) is 0 Å². The van der Waals surface area contributed by atoms with Crippen LogP contribution in [0.15, 0.2) is 23.8 Å². The van der Waals surface area contributed by atoms with Crippen LogP contribution in [0.5, 0.6) is 0 Å². The predicted octanol–water partition coefficient (Wildman–Crippen LogP) is -0.0326. The monoisotopic (exact) mass is 198 g/mol. The maximum Gasteiger partial charge on any atom is 0.190 e. The third-order valence-corrected chi connectivity index (χ3v) is 2.59. The average molecular weight is 198 g/mol. The lowest BCUT2D eigenvalue weighted by molar-refractivity contribution is -0.126. The molecule has 1 saturated heterocycles. The Morgan fingerprint density at radius 1 is 1.36 bits per heavy atom. The highest BCUT2D eigenvalue weighted by atomic mass is 16.7.